The van der Waals surface area contributed by atoms with Crippen molar-refractivity contribution in [1.29, 1.82) is 0 Å². The van der Waals surface area contributed by atoms with Crippen molar-refractivity contribution in [1.82, 2.24) is 0 Å². The molecule has 1 fully saturated rings. The van der Waals surface area contributed by atoms with Gasteiger partial charge in [-0.1, -0.05) is 0 Å². The Morgan fingerprint density at radius 2 is 2.50 bits per heavy atom. The average Bonchev–Trinajstić information content (AvgIpc) is 2.30. The van der Waals surface area contributed by atoms with Gasteiger partial charge in [-0.3, -0.25) is 0 Å². The van der Waals surface area contributed by atoms with Crippen molar-refractivity contribution >= 4 is 7.85 Å². The Bertz CT molecular complexity index is 97.2. The smallest absolute Gasteiger partial charge is 0.139 e. The Labute approximate surface area is 61.7 Å². The van der Waals surface area contributed by atoms with E-state index in [1.807, 2.05) is 7.85 Å². The molecule has 1 rings (SSSR count). The number of hydrogen-bond acceptors (Lipinski definition) is 3. The van der Waals surface area contributed by atoms with Crippen LogP contribution >= 0.6 is 0 Å². The maximum atomic E-state index is 8.78. The van der Waals surface area contributed by atoms with Gasteiger partial charge in [0, 0.05) is 13.1 Å². The third kappa shape index (κ3) is 1.51. The molecular weight excluding hydrogens is 131 g/mol. The molecule has 1 unspecified atom stereocenters. The summed E-state index contributed by atoms with van der Waals surface area (Å²) in [7, 11) is 3.64. The number of ether oxygens (including phenoxy) is 2. The van der Waals surface area contributed by atoms with Gasteiger partial charge in [0.2, 0.25) is 0 Å². The molecule has 0 amide bonds. The van der Waals surface area contributed by atoms with Gasteiger partial charge in [-0.05, 0) is 6.42 Å². The molecule has 0 radical (unpaired) electrons. The van der Waals surface area contributed by atoms with Crippen LogP contribution in [0.2, 0.25) is 0 Å². The fraction of sp³-hybridized carbons (Fsp3) is 1.00. The summed E-state index contributed by atoms with van der Waals surface area (Å²) in [5.74, 6) is 0. The van der Waals surface area contributed by atoms with Crippen molar-refractivity contribution in [3.63, 3.8) is 0 Å². The van der Waals surface area contributed by atoms with Crippen molar-refractivity contribution < 1.29 is 14.6 Å². The Kier molecular flexibility index (Phi) is 2.71. The van der Waals surface area contributed by atoms with Crippen LogP contribution in [0.5, 0.6) is 0 Å². The molecule has 1 aliphatic rings. The van der Waals surface area contributed by atoms with E-state index in [0.717, 1.165) is 6.42 Å². The summed E-state index contributed by atoms with van der Waals surface area (Å²) in [6.45, 7) is 0.0584. The number of rotatable bonds is 2. The topological polar surface area (TPSA) is 38.7 Å². The first kappa shape index (κ1) is 8.05. The minimum Gasteiger partial charge on any atom is -0.394 e. The highest BCUT2D eigenvalue weighted by atomic mass is 16.6. The van der Waals surface area contributed by atoms with E-state index in [0.29, 0.717) is 0 Å². The molecule has 58 valence electrons. The molecule has 4 heteroatoms. The molecule has 10 heavy (non-hydrogen) atoms. The van der Waals surface area contributed by atoms with E-state index in [1.165, 1.54) is 0 Å². The first-order valence-corrected chi connectivity index (χ1v) is 3.57. The molecule has 0 aromatic rings. The third-order valence-corrected chi connectivity index (χ3v) is 1.87. The second-order valence-corrected chi connectivity index (χ2v) is 2.68. The zero-order valence-corrected chi connectivity index (χ0v) is 6.41. The SMILES string of the molecule is B[C@H]1CC(OC)[C@@H](CO)O1. The van der Waals surface area contributed by atoms with E-state index in [4.69, 9.17) is 14.6 Å². The molecule has 3 atom stereocenters. The summed E-state index contributed by atoms with van der Waals surface area (Å²) in [4.78, 5) is 0. The standard InChI is InChI=1S/C6H13BO3/c1-9-4-2-6(7)10-5(4)3-8/h4-6,8H,2-3,7H2,1H3/t4?,5-,6-/m1/s1. The van der Waals surface area contributed by atoms with E-state index in [1.54, 1.807) is 7.11 Å². The first-order valence-electron chi connectivity index (χ1n) is 3.57. The van der Waals surface area contributed by atoms with Crippen LogP contribution < -0.4 is 0 Å². The average molecular weight is 144 g/mol. The maximum Gasteiger partial charge on any atom is 0.139 e. The molecule has 0 bridgehead atoms. The number of methoxy groups -OCH3 is 1. The minimum absolute atomic E-state index is 0.0584. The molecule has 0 aliphatic carbocycles. The van der Waals surface area contributed by atoms with Crippen LogP contribution in [0, 0.1) is 0 Å². The lowest BCUT2D eigenvalue weighted by Gasteiger charge is -2.13. The lowest BCUT2D eigenvalue weighted by Crippen LogP contribution is -2.26. The van der Waals surface area contributed by atoms with Gasteiger partial charge in [-0.15, -0.1) is 0 Å². The largest absolute Gasteiger partial charge is 0.394 e. The van der Waals surface area contributed by atoms with Crippen molar-refractivity contribution in [2.45, 2.75) is 24.6 Å². The lowest BCUT2D eigenvalue weighted by atomic mass is 9.96. The molecule has 0 spiro atoms. The monoisotopic (exact) mass is 144 g/mol. The van der Waals surface area contributed by atoms with Crippen LogP contribution in [-0.2, 0) is 9.47 Å². The summed E-state index contributed by atoms with van der Waals surface area (Å²) in [6.07, 6.45) is 0.863. The summed E-state index contributed by atoms with van der Waals surface area (Å²) in [5, 5.41) is 8.78. The Morgan fingerprint density at radius 3 is 2.90 bits per heavy atom. The number of hydrogen-bond donors (Lipinski definition) is 1. The van der Waals surface area contributed by atoms with Gasteiger partial charge in [0.1, 0.15) is 14.0 Å². The summed E-state index contributed by atoms with van der Waals surface area (Å²) in [6, 6.07) is 0.224. The van der Waals surface area contributed by atoms with E-state index >= 15 is 0 Å². The zero-order chi connectivity index (χ0) is 7.56. The van der Waals surface area contributed by atoms with Gasteiger partial charge in [-0.25, -0.2) is 0 Å². The van der Waals surface area contributed by atoms with Crippen LogP contribution in [0.1, 0.15) is 6.42 Å². The van der Waals surface area contributed by atoms with Gasteiger partial charge in [0.05, 0.1) is 12.7 Å². The Morgan fingerprint density at radius 1 is 1.80 bits per heavy atom. The van der Waals surface area contributed by atoms with Crippen LogP contribution in [0.15, 0.2) is 0 Å². The minimum atomic E-state index is -0.111. The Balaban J connectivity index is 2.41. The second-order valence-electron chi connectivity index (χ2n) is 2.68. The van der Waals surface area contributed by atoms with Crippen molar-refractivity contribution in [3.8, 4) is 0 Å². The van der Waals surface area contributed by atoms with Crippen LogP contribution in [0.4, 0.5) is 0 Å². The first-order chi connectivity index (χ1) is 4.77. The predicted molar refractivity (Wildman–Crippen MR) is 39.7 cm³/mol. The fourth-order valence-corrected chi connectivity index (χ4v) is 1.33. The molecule has 3 nitrogen and oxygen atoms in total. The highest BCUT2D eigenvalue weighted by molar-refractivity contribution is 6.11. The third-order valence-electron chi connectivity index (χ3n) is 1.87. The Hall–Kier alpha value is -0.0551. The van der Waals surface area contributed by atoms with Crippen LogP contribution in [0.25, 0.3) is 0 Å². The van der Waals surface area contributed by atoms with Gasteiger partial charge in [0.15, 0.2) is 0 Å². The van der Waals surface area contributed by atoms with Crippen LogP contribution in [-0.4, -0.2) is 44.9 Å². The fourth-order valence-electron chi connectivity index (χ4n) is 1.33. The van der Waals surface area contributed by atoms with Crippen molar-refractivity contribution in [2.24, 2.45) is 0 Å². The molecule has 0 saturated carbocycles. The molecule has 1 heterocycles. The van der Waals surface area contributed by atoms with Gasteiger partial charge < -0.3 is 14.6 Å². The normalized spacial score (nSPS) is 40.4. The quantitative estimate of drug-likeness (QED) is 0.491. The second kappa shape index (κ2) is 3.37. The van der Waals surface area contributed by atoms with E-state index in [-0.39, 0.29) is 24.8 Å². The maximum absolute atomic E-state index is 8.78. The molecule has 1 aliphatic heterocycles. The predicted octanol–water partition coefficient (Wildman–Crippen LogP) is -1.26. The van der Waals surface area contributed by atoms with Crippen molar-refractivity contribution in [2.75, 3.05) is 13.7 Å². The van der Waals surface area contributed by atoms with Crippen molar-refractivity contribution in [3.05, 3.63) is 0 Å². The lowest BCUT2D eigenvalue weighted by molar-refractivity contribution is -0.0205. The summed E-state index contributed by atoms with van der Waals surface area (Å²) in [5.41, 5.74) is 0. The summed E-state index contributed by atoms with van der Waals surface area (Å²) < 4.78 is 10.4. The highest BCUT2D eigenvalue weighted by Gasteiger charge is 2.31. The number of aliphatic hydroxyl groups excluding tert-OH is 1. The zero-order valence-electron chi connectivity index (χ0n) is 6.41. The molecule has 0 aromatic heterocycles. The molecule has 1 N–H and O–H groups in total. The number of aliphatic hydroxyl groups is 1. The molecule has 1 saturated heterocycles. The van der Waals surface area contributed by atoms with Gasteiger partial charge in [-0.2, -0.15) is 0 Å². The van der Waals surface area contributed by atoms with E-state index < -0.39 is 0 Å². The molecule has 0 aromatic carbocycles. The van der Waals surface area contributed by atoms with Gasteiger partial charge >= 0.3 is 0 Å². The summed E-state index contributed by atoms with van der Waals surface area (Å²) >= 11 is 0. The molecular formula is C6H13BO3. The van der Waals surface area contributed by atoms with Crippen LogP contribution in [0.3, 0.4) is 0 Å². The van der Waals surface area contributed by atoms with E-state index in [9.17, 15) is 0 Å². The highest BCUT2D eigenvalue weighted by Crippen LogP contribution is 2.19. The van der Waals surface area contributed by atoms with Gasteiger partial charge in [0.25, 0.3) is 0 Å². The van der Waals surface area contributed by atoms with E-state index in [2.05, 4.69) is 0 Å².